The highest BCUT2D eigenvalue weighted by Gasteiger charge is 2.30. The lowest BCUT2D eigenvalue weighted by Gasteiger charge is -2.10. The maximum absolute atomic E-state index is 12.7. The SMILES string of the molecule is CCOC(=O)c1[nH]c(C)c(C(=O)COC(=O)COc2cccc(C(F)(F)F)c2)c1C. The molecule has 0 unspecified atom stereocenters. The number of Topliss-reactive ketones (excluding diaryl/α,β-unsaturated/α-hetero) is 1. The number of ether oxygens (including phenoxy) is 3. The Bertz CT molecular complexity index is 949. The molecule has 0 amide bonds. The number of aromatic nitrogens is 1. The van der Waals surface area contributed by atoms with Gasteiger partial charge in [0.2, 0.25) is 5.78 Å². The summed E-state index contributed by atoms with van der Waals surface area (Å²) in [4.78, 5) is 38.9. The van der Waals surface area contributed by atoms with Gasteiger partial charge in [-0.05, 0) is 44.5 Å². The number of hydrogen-bond donors (Lipinski definition) is 1. The number of carbonyl (C=O) groups excluding carboxylic acids is 3. The van der Waals surface area contributed by atoms with Gasteiger partial charge in [-0.3, -0.25) is 4.79 Å². The highest BCUT2D eigenvalue weighted by Crippen LogP contribution is 2.31. The van der Waals surface area contributed by atoms with E-state index in [1.165, 1.54) is 6.07 Å². The second kappa shape index (κ2) is 9.47. The fourth-order valence-corrected chi connectivity index (χ4v) is 2.74. The number of ketones is 1. The largest absolute Gasteiger partial charge is 0.482 e. The number of hydrogen-bond acceptors (Lipinski definition) is 6. The van der Waals surface area contributed by atoms with E-state index in [-0.39, 0.29) is 23.6 Å². The Kier molecular flexibility index (Phi) is 7.25. The van der Waals surface area contributed by atoms with Gasteiger partial charge < -0.3 is 19.2 Å². The van der Waals surface area contributed by atoms with Crippen molar-refractivity contribution in [3.05, 3.63) is 52.3 Å². The van der Waals surface area contributed by atoms with Gasteiger partial charge >= 0.3 is 18.1 Å². The second-order valence-corrected chi connectivity index (χ2v) is 6.24. The van der Waals surface area contributed by atoms with E-state index in [1.54, 1.807) is 20.8 Å². The lowest BCUT2D eigenvalue weighted by atomic mass is 10.1. The molecule has 1 aromatic carbocycles. The Balaban J connectivity index is 1.94. The molecule has 1 aromatic heterocycles. The van der Waals surface area contributed by atoms with Crippen LogP contribution < -0.4 is 4.74 Å². The molecule has 2 aromatic rings. The molecule has 0 aliphatic carbocycles. The topological polar surface area (TPSA) is 94.7 Å². The number of H-pyrrole nitrogens is 1. The Morgan fingerprint density at radius 2 is 1.77 bits per heavy atom. The summed E-state index contributed by atoms with van der Waals surface area (Å²) in [6, 6.07) is 4.03. The minimum Gasteiger partial charge on any atom is -0.482 e. The molecule has 0 spiro atoms. The minimum absolute atomic E-state index is 0.136. The number of esters is 2. The van der Waals surface area contributed by atoms with Crippen molar-refractivity contribution in [1.29, 1.82) is 0 Å². The zero-order valence-corrected chi connectivity index (χ0v) is 16.5. The van der Waals surface area contributed by atoms with Crippen molar-refractivity contribution in [3.8, 4) is 5.75 Å². The van der Waals surface area contributed by atoms with Gasteiger partial charge in [-0.1, -0.05) is 6.07 Å². The van der Waals surface area contributed by atoms with E-state index in [9.17, 15) is 27.6 Å². The summed E-state index contributed by atoms with van der Waals surface area (Å²) in [7, 11) is 0. The molecule has 162 valence electrons. The predicted octanol–water partition coefficient (Wildman–Crippen LogP) is 3.63. The molecular weight excluding hydrogens is 407 g/mol. The molecule has 2 rings (SSSR count). The van der Waals surface area contributed by atoms with Crippen molar-refractivity contribution >= 4 is 17.7 Å². The Morgan fingerprint density at radius 1 is 1.07 bits per heavy atom. The molecule has 0 fully saturated rings. The third-order valence-corrected chi connectivity index (χ3v) is 4.08. The van der Waals surface area contributed by atoms with E-state index in [4.69, 9.17) is 14.2 Å². The summed E-state index contributed by atoms with van der Waals surface area (Å²) in [5.74, 6) is -2.26. The van der Waals surface area contributed by atoms with Gasteiger partial charge in [-0.25, -0.2) is 9.59 Å². The molecule has 1 N–H and O–H groups in total. The first kappa shape index (κ1) is 23.0. The zero-order valence-electron chi connectivity index (χ0n) is 16.5. The summed E-state index contributed by atoms with van der Waals surface area (Å²) in [5, 5.41) is 0. The molecule has 0 saturated carbocycles. The fourth-order valence-electron chi connectivity index (χ4n) is 2.74. The van der Waals surface area contributed by atoms with Crippen molar-refractivity contribution in [3.63, 3.8) is 0 Å². The Morgan fingerprint density at radius 3 is 2.40 bits per heavy atom. The molecule has 0 aliphatic rings. The van der Waals surface area contributed by atoms with Crippen LogP contribution in [0, 0.1) is 13.8 Å². The van der Waals surface area contributed by atoms with E-state index in [0.29, 0.717) is 11.3 Å². The summed E-state index contributed by atoms with van der Waals surface area (Å²) in [6.45, 7) is 3.67. The molecule has 10 heteroatoms. The first-order valence-electron chi connectivity index (χ1n) is 8.89. The normalized spacial score (nSPS) is 11.1. The van der Waals surface area contributed by atoms with Crippen LogP contribution in [-0.2, 0) is 20.4 Å². The van der Waals surface area contributed by atoms with Crippen LogP contribution in [0.3, 0.4) is 0 Å². The average Bonchev–Trinajstić information content (AvgIpc) is 2.98. The van der Waals surface area contributed by atoms with Crippen molar-refractivity contribution in [1.82, 2.24) is 4.98 Å². The molecule has 30 heavy (non-hydrogen) atoms. The van der Waals surface area contributed by atoms with E-state index in [0.717, 1.165) is 18.2 Å². The monoisotopic (exact) mass is 427 g/mol. The van der Waals surface area contributed by atoms with Gasteiger partial charge in [0.25, 0.3) is 0 Å². The van der Waals surface area contributed by atoms with Gasteiger partial charge in [-0.2, -0.15) is 13.2 Å². The minimum atomic E-state index is -4.54. The lowest BCUT2D eigenvalue weighted by Crippen LogP contribution is -2.20. The molecular formula is C20H20F3NO6. The van der Waals surface area contributed by atoms with Gasteiger partial charge in [-0.15, -0.1) is 0 Å². The number of rotatable bonds is 8. The number of benzene rings is 1. The van der Waals surface area contributed by atoms with Gasteiger partial charge in [0.05, 0.1) is 12.2 Å². The fraction of sp³-hybridized carbons (Fsp3) is 0.350. The Labute approximate surface area is 170 Å². The summed E-state index contributed by atoms with van der Waals surface area (Å²) >= 11 is 0. The predicted molar refractivity (Wildman–Crippen MR) is 98.5 cm³/mol. The molecule has 7 nitrogen and oxygen atoms in total. The average molecular weight is 427 g/mol. The van der Waals surface area contributed by atoms with E-state index >= 15 is 0 Å². The summed E-state index contributed by atoms with van der Waals surface area (Å²) in [6.07, 6.45) is -4.54. The van der Waals surface area contributed by atoms with Crippen molar-refractivity contribution in [2.24, 2.45) is 0 Å². The van der Waals surface area contributed by atoms with Crippen LogP contribution in [0.4, 0.5) is 13.2 Å². The third-order valence-electron chi connectivity index (χ3n) is 4.08. The van der Waals surface area contributed by atoms with Crippen molar-refractivity contribution < 1.29 is 41.8 Å². The summed E-state index contributed by atoms with van der Waals surface area (Å²) in [5.41, 5.74) is 0.199. The lowest BCUT2D eigenvalue weighted by molar-refractivity contribution is -0.144. The molecule has 0 radical (unpaired) electrons. The van der Waals surface area contributed by atoms with Gasteiger partial charge in [0, 0.05) is 11.3 Å². The van der Waals surface area contributed by atoms with Crippen LogP contribution in [0.2, 0.25) is 0 Å². The zero-order chi connectivity index (χ0) is 22.5. The molecule has 1 heterocycles. The first-order chi connectivity index (χ1) is 14.0. The number of nitrogens with one attached hydrogen (secondary N) is 1. The molecule has 0 saturated heterocycles. The van der Waals surface area contributed by atoms with E-state index in [2.05, 4.69) is 4.98 Å². The van der Waals surface area contributed by atoms with Crippen molar-refractivity contribution in [2.75, 3.05) is 19.8 Å². The smallest absolute Gasteiger partial charge is 0.416 e. The maximum Gasteiger partial charge on any atom is 0.416 e. The standard InChI is InChI=1S/C20H20F3NO6/c1-4-28-19(27)18-11(2)17(12(3)24-18)15(25)9-30-16(26)10-29-14-7-5-6-13(8-14)20(21,22)23/h5-8,24H,4,9-10H2,1-3H3. The number of halogens is 3. The van der Waals surface area contributed by atoms with Crippen LogP contribution in [0.15, 0.2) is 24.3 Å². The number of carbonyl (C=O) groups is 3. The molecule has 0 bridgehead atoms. The van der Waals surface area contributed by atoms with E-state index in [1.807, 2.05) is 0 Å². The maximum atomic E-state index is 12.7. The number of aromatic amines is 1. The highest BCUT2D eigenvalue weighted by molar-refractivity contribution is 6.03. The third kappa shape index (κ3) is 5.62. The van der Waals surface area contributed by atoms with Crippen LogP contribution in [0.1, 0.15) is 44.6 Å². The number of aryl methyl sites for hydroxylation is 1. The van der Waals surface area contributed by atoms with Crippen LogP contribution in [0.5, 0.6) is 5.75 Å². The second-order valence-electron chi connectivity index (χ2n) is 6.24. The quantitative estimate of drug-likeness (QED) is 0.511. The number of alkyl halides is 3. The van der Waals surface area contributed by atoms with Gasteiger partial charge in [0.1, 0.15) is 11.4 Å². The first-order valence-corrected chi connectivity index (χ1v) is 8.89. The summed E-state index contributed by atoms with van der Waals surface area (Å²) < 4.78 is 52.8. The highest BCUT2D eigenvalue weighted by atomic mass is 19.4. The molecule has 0 atom stereocenters. The van der Waals surface area contributed by atoms with Crippen LogP contribution >= 0.6 is 0 Å². The van der Waals surface area contributed by atoms with Gasteiger partial charge in [0.15, 0.2) is 13.2 Å². The van der Waals surface area contributed by atoms with Crippen LogP contribution in [-0.4, -0.2) is 42.5 Å². The van der Waals surface area contributed by atoms with Crippen LogP contribution in [0.25, 0.3) is 0 Å². The Hall–Kier alpha value is -3.30. The molecule has 0 aliphatic heterocycles. The van der Waals surface area contributed by atoms with E-state index < -0.39 is 42.7 Å². The van der Waals surface area contributed by atoms with Crippen molar-refractivity contribution in [2.45, 2.75) is 26.9 Å².